The average molecular weight is 413 g/mol. The molecule has 3 heteroatoms. The SMILES string of the molecule is [Mn].c1ccc(C(OCC2CCCCO2)(c2ccccc2)c2ccccc2)cc1. The van der Waals surface area contributed by atoms with Crippen molar-refractivity contribution in [2.45, 2.75) is 31.0 Å². The fraction of sp³-hybridized carbons (Fsp3) is 0.280. The Balaban J connectivity index is 0.00000225. The molecule has 1 unspecified atom stereocenters. The summed E-state index contributed by atoms with van der Waals surface area (Å²) in [6.45, 7) is 1.42. The summed E-state index contributed by atoms with van der Waals surface area (Å²) in [5.41, 5.74) is 2.76. The number of ether oxygens (including phenoxy) is 2. The normalized spacial score (nSPS) is 16.9. The van der Waals surface area contributed by atoms with E-state index in [0.29, 0.717) is 6.61 Å². The first kappa shape index (κ1) is 20.8. The molecule has 1 aliphatic heterocycles. The van der Waals surface area contributed by atoms with E-state index in [1.54, 1.807) is 0 Å². The zero-order chi connectivity index (χ0) is 18.4. The van der Waals surface area contributed by atoms with Gasteiger partial charge in [-0.15, -0.1) is 0 Å². The van der Waals surface area contributed by atoms with Crippen LogP contribution in [0.5, 0.6) is 0 Å². The molecule has 0 bridgehead atoms. The predicted octanol–water partition coefficient (Wildman–Crippen LogP) is 5.56. The maximum absolute atomic E-state index is 6.80. The topological polar surface area (TPSA) is 18.5 Å². The summed E-state index contributed by atoms with van der Waals surface area (Å²) in [7, 11) is 0. The zero-order valence-corrected chi connectivity index (χ0v) is 17.1. The molecule has 1 heterocycles. The summed E-state index contributed by atoms with van der Waals surface area (Å²) in [5.74, 6) is 0. The van der Waals surface area contributed by atoms with Crippen molar-refractivity contribution in [2.24, 2.45) is 0 Å². The molecule has 1 aliphatic rings. The van der Waals surface area contributed by atoms with E-state index >= 15 is 0 Å². The zero-order valence-electron chi connectivity index (χ0n) is 16.0. The average Bonchev–Trinajstić information content (AvgIpc) is 2.77. The summed E-state index contributed by atoms with van der Waals surface area (Å²) in [4.78, 5) is 0. The van der Waals surface area contributed by atoms with Gasteiger partial charge in [-0.05, 0) is 36.0 Å². The molecule has 1 atom stereocenters. The Kier molecular flexibility index (Phi) is 7.47. The van der Waals surface area contributed by atoms with Gasteiger partial charge in [-0.2, -0.15) is 0 Å². The first-order chi connectivity index (χ1) is 13.4. The summed E-state index contributed by atoms with van der Waals surface area (Å²) >= 11 is 0. The van der Waals surface area contributed by atoms with Crippen LogP contribution in [0.2, 0.25) is 0 Å². The molecule has 0 amide bonds. The molecule has 2 nitrogen and oxygen atoms in total. The quantitative estimate of drug-likeness (QED) is 0.389. The molecule has 145 valence electrons. The van der Waals surface area contributed by atoms with Gasteiger partial charge in [0.15, 0.2) is 0 Å². The van der Waals surface area contributed by atoms with E-state index in [1.165, 1.54) is 6.42 Å². The largest absolute Gasteiger partial charge is 0.376 e. The van der Waals surface area contributed by atoms with Gasteiger partial charge in [0.05, 0.1) is 12.7 Å². The molecule has 1 radical (unpaired) electrons. The maximum Gasteiger partial charge on any atom is 0.143 e. The van der Waals surface area contributed by atoms with Crippen LogP contribution in [0.15, 0.2) is 91.0 Å². The van der Waals surface area contributed by atoms with Crippen molar-refractivity contribution in [1.29, 1.82) is 0 Å². The molecule has 0 N–H and O–H groups in total. The van der Waals surface area contributed by atoms with E-state index < -0.39 is 5.60 Å². The summed E-state index contributed by atoms with van der Waals surface area (Å²) in [5, 5.41) is 0. The molecule has 0 spiro atoms. The Morgan fingerprint density at radius 3 is 1.57 bits per heavy atom. The molecule has 3 aromatic rings. The number of hydrogen-bond acceptors (Lipinski definition) is 2. The van der Waals surface area contributed by atoms with Crippen molar-refractivity contribution in [3.63, 3.8) is 0 Å². The maximum atomic E-state index is 6.80. The third-order valence-corrected chi connectivity index (χ3v) is 5.30. The molecule has 28 heavy (non-hydrogen) atoms. The summed E-state index contributed by atoms with van der Waals surface area (Å²) < 4.78 is 12.8. The van der Waals surface area contributed by atoms with Gasteiger partial charge < -0.3 is 9.47 Å². The molecular weight excluding hydrogens is 387 g/mol. The van der Waals surface area contributed by atoms with Crippen molar-refractivity contribution in [3.8, 4) is 0 Å². The van der Waals surface area contributed by atoms with Crippen LogP contribution in [-0.4, -0.2) is 19.3 Å². The summed E-state index contributed by atoms with van der Waals surface area (Å²) in [6, 6.07) is 31.6. The molecule has 3 aromatic carbocycles. The molecule has 0 aromatic heterocycles. The van der Waals surface area contributed by atoms with Gasteiger partial charge in [0, 0.05) is 23.7 Å². The van der Waals surface area contributed by atoms with Gasteiger partial charge in [0.25, 0.3) is 0 Å². The van der Waals surface area contributed by atoms with Crippen molar-refractivity contribution < 1.29 is 26.5 Å². The monoisotopic (exact) mass is 413 g/mol. The molecule has 0 aliphatic carbocycles. The fourth-order valence-electron chi connectivity index (χ4n) is 3.93. The molecular formula is C25H26MnO2. The second-order valence-corrected chi connectivity index (χ2v) is 7.08. The van der Waals surface area contributed by atoms with Gasteiger partial charge in [0.2, 0.25) is 0 Å². The molecule has 4 rings (SSSR count). The van der Waals surface area contributed by atoms with E-state index in [9.17, 15) is 0 Å². The van der Waals surface area contributed by atoms with Crippen molar-refractivity contribution >= 4 is 0 Å². The van der Waals surface area contributed by atoms with Crippen molar-refractivity contribution in [3.05, 3.63) is 108 Å². The van der Waals surface area contributed by atoms with Gasteiger partial charge in [-0.1, -0.05) is 91.0 Å². The van der Waals surface area contributed by atoms with Crippen LogP contribution < -0.4 is 0 Å². The van der Waals surface area contributed by atoms with Crippen molar-refractivity contribution in [2.75, 3.05) is 13.2 Å². The standard InChI is InChI=1S/C25H26O2.Mn/c1-4-12-21(13-5-1)25(22-14-6-2-7-15-22,23-16-8-3-9-17-23)27-20-24-18-10-11-19-26-24;/h1-9,12-17,24H,10-11,18-20H2;. The molecule has 1 saturated heterocycles. The molecule has 0 saturated carbocycles. The van der Waals surface area contributed by atoms with Crippen LogP contribution in [0.4, 0.5) is 0 Å². The smallest absolute Gasteiger partial charge is 0.143 e. The Morgan fingerprint density at radius 1 is 0.714 bits per heavy atom. The minimum absolute atomic E-state index is 0. The van der Waals surface area contributed by atoms with Gasteiger partial charge in [-0.25, -0.2) is 0 Å². The van der Waals surface area contributed by atoms with E-state index in [2.05, 4.69) is 91.0 Å². The van der Waals surface area contributed by atoms with Gasteiger partial charge in [0.1, 0.15) is 5.60 Å². The Labute approximate surface area is 178 Å². The minimum Gasteiger partial charge on any atom is -0.376 e. The minimum atomic E-state index is -0.648. The number of rotatable bonds is 6. The Hall–Kier alpha value is -1.90. The third-order valence-electron chi connectivity index (χ3n) is 5.30. The second-order valence-electron chi connectivity index (χ2n) is 7.08. The number of hydrogen-bond donors (Lipinski definition) is 0. The van der Waals surface area contributed by atoms with E-state index in [0.717, 1.165) is 36.1 Å². The van der Waals surface area contributed by atoms with E-state index in [1.807, 2.05) is 0 Å². The third kappa shape index (κ3) is 4.39. The predicted molar refractivity (Wildman–Crippen MR) is 109 cm³/mol. The van der Waals surface area contributed by atoms with Crippen LogP contribution in [-0.2, 0) is 32.1 Å². The fourth-order valence-corrected chi connectivity index (χ4v) is 3.93. The first-order valence-corrected chi connectivity index (χ1v) is 9.82. The van der Waals surface area contributed by atoms with Crippen LogP contribution >= 0.6 is 0 Å². The Bertz CT molecular complexity index is 718. The van der Waals surface area contributed by atoms with Crippen LogP contribution in [0.3, 0.4) is 0 Å². The van der Waals surface area contributed by atoms with Crippen LogP contribution in [0.25, 0.3) is 0 Å². The summed E-state index contributed by atoms with van der Waals surface area (Å²) in [6.07, 6.45) is 3.59. The Morgan fingerprint density at radius 2 is 1.18 bits per heavy atom. The number of benzene rings is 3. The van der Waals surface area contributed by atoms with Crippen molar-refractivity contribution in [1.82, 2.24) is 0 Å². The van der Waals surface area contributed by atoms with E-state index in [4.69, 9.17) is 9.47 Å². The first-order valence-electron chi connectivity index (χ1n) is 9.82. The van der Waals surface area contributed by atoms with Crippen LogP contribution in [0, 0.1) is 0 Å². The van der Waals surface area contributed by atoms with E-state index in [-0.39, 0.29) is 23.2 Å². The van der Waals surface area contributed by atoms with Crippen LogP contribution in [0.1, 0.15) is 36.0 Å². The second kappa shape index (κ2) is 10.0. The molecule has 1 fully saturated rings. The van der Waals surface area contributed by atoms with Gasteiger partial charge in [-0.3, -0.25) is 0 Å². The van der Waals surface area contributed by atoms with Gasteiger partial charge >= 0.3 is 0 Å².